The molecule has 1 saturated heterocycles. The summed E-state index contributed by atoms with van der Waals surface area (Å²) in [6.07, 6.45) is 14.6. The zero-order valence-corrected chi connectivity index (χ0v) is 11.2. The summed E-state index contributed by atoms with van der Waals surface area (Å²) < 4.78 is 1.36. The number of hydrogen-bond donors (Lipinski definition) is 0. The first-order chi connectivity index (χ1) is 7.36. The van der Waals surface area contributed by atoms with Gasteiger partial charge in [0.1, 0.15) is 0 Å². The number of hydrogen-bond acceptors (Lipinski definition) is 1. The molecule has 0 N–H and O–H groups in total. The zero-order valence-electron chi connectivity index (χ0n) is 9.45. The molecule has 0 aromatic heterocycles. The fraction of sp³-hybridized carbons (Fsp3) is 0.769. The van der Waals surface area contributed by atoms with Crippen molar-refractivity contribution in [3.63, 3.8) is 0 Å². The van der Waals surface area contributed by atoms with Crippen molar-refractivity contribution in [1.82, 2.24) is 4.90 Å². The molecule has 15 heavy (non-hydrogen) atoms. The van der Waals surface area contributed by atoms with Gasteiger partial charge in [0.15, 0.2) is 0 Å². The van der Waals surface area contributed by atoms with Crippen LogP contribution in [0.3, 0.4) is 0 Å². The van der Waals surface area contributed by atoms with E-state index in [0.717, 1.165) is 5.92 Å². The van der Waals surface area contributed by atoms with Gasteiger partial charge in [-0.1, -0.05) is 0 Å². The molecule has 2 rings (SSSR count). The zero-order chi connectivity index (χ0) is 10.5. The van der Waals surface area contributed by atoms with Crippen molar-refractivity contribution in [2.24, 2.45) is 5.92 Å². The fourth-order valence-electron chi connectivity index (χ4n) is 2.59. The summed E-state index contributed by atoms with van der Waals surface area (Å²) in [4.78, 5) is 2.47. The predicted molar refractivity (Wildman–Crippen MR) is 67.3 cm³/mol. The van der Waals surface area contributed by atoms with E-state index in [0.29, 0.717) is 0 Å². The summed E-state index contributed by atoms with van der Waals surface area (Å²) in [5.41, 5.74) is 0. The van der Waals surface area contributed by atoms with Crippen LogP contribution in [-0.4, -0.2) is 38.1 Å². The third-order valence-electron chi connectivity index (χ3n) is 3.58. The van der Waals surface area contributed by atoms with Crippen LogP contribution in [-0.2, 0) is 0 Å². The van der Waals surface area contributed by atoms with Crippen LogP contribution in [0.2, 0.25) is 0 Å². The summed E-state index contributed by atoms with van der Waals surface area (Å²) in [5, 5.41) is 0. The Morgan fingerprint density at radius 2 is 1.67 bits per heavy atom. The molecule has 0 atom stereocenters. The molecule has 0 amide bonds. The third-order valence-corrected chi connectivity index (χ3v) is 4.41. The molecule has 2 heteroatoms. The van der Waals surface area contributed by atoms with Crippen LogP contribution in [0, 0.1) is 5.92 Å². The molecule has 1 aliphatic carbocycles. The van der Waals surface area contributed by atoms with E-state index in [-0.39, 0.29) is 0 Å². The van der Waals surface area contributed by atoms with Crippen molar-refractivity contribution in [1.29, 1.82) is 0 Å². The Hall–Kier alpha value is -0.0705. The summed E-state index contributed by atoms with van der Waals surface area (Å²) in [6.45, 7) is 2.49. The quantitative estimate of drug-likeness (QED) is 0.712. The second-order valence-electron chi connectivity index (χ2n) is 4.79. The first kappa shape index (κ1) is 11.4. The molecule has 0 bridgehead atoms. The van der Waals surface area contributed by atoms with Gasteiger partial charge in [0.05, 0.1) is 0 Å². The molecule has 2 aliphatic rings. The van der Waals surface area contributed by atoms with E-state index < -0.39 is 0 Å². The predicted octanol–water partition coefficient (Wildman–Crippen LogP) is 2.52. The van der Waals surface area contributed by atoms with Crippen LogP contribution in [0.25, 0.3) is 0 Å². The second kappa shape index (κ2) is 5.86. The minimum atomic E-state index is 0.852. The Morgan fingerprint density at radius 3 is 2.33 bits per heavy atom. The maximum atomic E-state index is 3.21. The Labute approximate surface area is 101 Å². The Morgan fingerprint density at radius 1 is 1.00 bits per heavy atom. The second-order valence-corrected chi connectivity index (χ2v) is 5.67. The monoisotopic (exact) mass is 271 g/mol. The van der Waals surface area contributed by atoms with E-state index in [4.69, 9.17) is 0 Å². The van der Waals surface area contributed by atoms with Crippen LogP contribution < -0.4 is 0 Å². The number of rotatable bonds is 3. The maximum absolute atomic E-state index is 3.21. The minimum absolute atomic E-state index is 0.852. The van der Waals surface area contributed by atoms with Crippen molar-refractivity contribution >= 4 is 20.1 Å². The number of allylic oxidation sites excluding steroid dienone is 1. The van der Waals surface area contributed by atoms with Crippen LogP contribution in [0.15, 0.2) is 12.2 Å². The van der Waals surface area contributed by atoms with Crippen LogP contribution in [0.5, 0.6) is 0 Å². The fourth-order valence-corrected chi connectivity index (χ4v) is 3.14. The van der Waals surface area contributed by atoms with Crippen molar-refractivity contribution in [3.8, 4) is 0 Å². The molecular weight excluding hydrogens is 249 g/mol. The molecule has 1 nitrogen and oxygen atoms in total. The molecule has 0 radical (unpaired) electrons. The molecule has 1 aliphatic heterocycles. The molecule has 2 fully saturated rings. The summed E-state index contributed by atoms with van der Waals surface area (Å²) in [5.74, 6) is 0.852. The molecule has 0 aromatic rings. The van der Waals surface area contributed by atoms with Gasteiger partial charge in [0.25, 0.3) is 0 Å². The van der Waals surface area contributed by atoms with Gasteiger partial charge in [-0.15, -0.1) is 0 Å². The molecule has 1 heterocycles. The van der Waals surface area contributed by atoms with Crippen LogP contribution in [0.1, 0.15) is 44.9 Å². The van der Waals surface area contributed by atoms with Gasteiger partial charge in [-0.25, -0.2) is 0 Å². The van der Waals surface area contributed by atoms with Gasteiger partial charge < -0.3 is 0 Å². The Kier molecular flexibility index (Phi) is 4.46. The van der Waals surface area contributed by atoms with Gasteiger partial charge in [0.2, 0.25) is 0 Å². The van der Waals surface area contributed by atoms with E-state index in [1.807, 2.05) is 0 Å². The molecule has 0 unspecified atom stereocenters. The van der Waals surface area contributed by atoms with Gasteiger partial charge in [-0.05, 0) is 0 Å². The average molecular weight is 270 g/mol. The number of likely N-dealkylation sites (tertiary alicyclic amines) is 1. The third kappa shape index (κ3) is 3.46. The van der Waals surface area contributed by atoms with Crippen molar-refractivity contribution < 1.29 is 0 Å². The standard InChI is InChI=1S/C13H21NSe/c15-13(14-10-4-5-11-14)9-8-12-6-2-1-3-7-12/h8-9,12H,1-7,10-11H2/b9-8+. The molecule has 84 valence electrons. The molecule has 0 aromatic carbocycles. The average Bonchev–Trinajstić information content (AvgIpc) is 2.81. The normalized spacial score (nSPS) is 23.9. The molecular formula is C13H21NSe. The number of nitrogens with zero attached hydrogens (tertiary/aromatic N) is 1. The van der Waals surface area contributed by atoms with E-state index >= 15 is 0 Å². The van der Waals surface area contributed by atoms with Gasteiger partial charge >= 0.3 is 101 Å². The summed E-state index contributed by atoms with van der Waals surface area (Å²) >= 11 is 3.21. The van der Waals surface area contributed by atoms with E-state index in [2.05, 4.69) is 32.6 Å². The first-order valence-corrected chi connectivity index (χ1v) is 7.19. The summed E-state index contributed by atoms with van der Waals surface area (Å²) in [6, 6.07) is 0. The molecule has 1 saturated carbocycles. The molecule has 0 spiro atoms. The Bertz CT molecular complexity index is 235. The van der Waals surface area contributed by atoms with Gasteiger partial charge in [0, 0.05) is 0 Å². The van der Waals surface area contributed by atoms with Crippen molar-refractivity contribution in [2.75, 3.05) is 13.1 Å². The first-order valence-electron chi connectivity index (χ1n) is 6.33. The van der Waals surface area contributed by atoms with Crippen LogP contribution in [0.4, 0.5) is 0 Å². The van der Waals surface area contributed by atoms with Crippen LogP contribution >= 0.6 is 0 Å². The SMILES string of the molecule is [Se]=C(/C=C/C1CCCCC1)N1CCCC1. The van der Waals surface area contributed by atoms with Gasteiger partial charge in [-0.3, -0.25) is 0 Å². The van der Waals surface area contributed by atoms with E-state index in [9.17, 15) is 0 Å². The Balaban J connectivity index is 1.78. The van der Waals surface area contributed by atoms with Gasteiger partial charge in [-0.2, -0.15) is 0 Å². The topological polar surface area (TPSA) is 3.24 Å². The summed E-state index contributed by atoms with van der Waals surface area (Å²) in [7, 11) is 0. The van der Waals surface area contributed by atoms with E-state index in [1.54, 1.807) is 0 Å². The van der Waals surface area contributed by atoms with Crippen molar-refractivity contribution in [3.05, 3.63) is 12.2 Å². The van der Waals surface area contributed by atoms with E-state index in [1.165, 1.54) is 62.6 Å². The van der Waals surface area contributed by atoms with Crippen molar-refractivity contribution in [2.45, 2.75) is 44.9 Å².